The van der Waals surface area contributed by atoms with Crippen LogP contribution in [0.5, 0.6) is 11.5 Å². The second-order valence-electron chi connectivity index (χ2n) is 7.89. The predicted molar refractivity (Wildman–Crippen MR) is 113 cm³/mol. The van der Waals surface area contributed by atoms with E-state index in [1.807, 2.05) is 10.7 Å². The number of nitrogens with one attached hydrogen (secondary N) is 1. The van der Waals surface area contributed by atoms with E-state index >= 15 is 0 Å². The molecule has 1 saturated carbocycles. The molecular weight excluding hydrogens is 384 g/mol. The van der Waals surface area contributed by atoms with Crippen molar-refractivity contribution in [3.8, 4) is 11.5 Å². The molecule has 1 N–H and O–H groups in total. The molecule has 2 heterocycles. The summed E-state index contributed by atoms with van der Waals surface area (Å²) in [7, 11) is 3.13. The van der Waals surface area contributed by atoms with Crippen molar-refractivity contribution in [2.45, 2.75) is 44.6 Å². The minimum Gasteiger partial charge on any atom is -0.497 e. The summed E-state index contributed by atoms with van der Waals surface area (Å²) < 4.78 is 12.6. The zero-order valence-electron chi connectivity index (χ0n) is 17.5. The number of nitrogens with zero attached hydrogens (tertiary/aromatic N) is 3. The van der Waals surface area contributed by atoms with E-state index in [0.29, 0.717) is 35.6 Å². The molecule has 0 spiro atoms. The highest BCUT2D eigenvalue weighted by Crippen LogP contribution is 2.36. The molecule has 8 heteroatoms. The van der Waals surface area contributed by atoms with Gasteiger partial charge in [-0.2, -0.15) is 5.10 Å². The van der Waals surface area contributed by atoms with E-state index in [9.17, 15) is 9.59 Å². The first-order valence-corrected chi connectivity index (χ1v) is 10.5. The van der Waals surface area contributed by atoms with Crippen LogP contribution in [0.4, 0.5) is 11.5 Å². The third-order valence-electron chi connectivity index (χ3n) is 6.01. The van der Waals surface area contributed by atoms with Crippen LogP contribution in [0.2, 0.25) is 0 Å². The van der Waals surface area contributed by atoms with Crippen LogP contribution in [0.3, 0.4) is 0 Å². The third-order valence-corrected chi connectivity index (χ3v) is 6.01. The lowest BCUT2D eigenvalue weighted by molar-refractivity contribution is -0.122. The van der Waals surface area contributed by atoms with Crippen molar-refractivity contribution in [3.63, 3.8) is 0 Å². The lowest BCUT2D eigenvalue weighted by atomic mass is 9.96. The molecule has 30 heavy (non-hydrogen) atoms. The first-order chi connectivity index (χ1) is 14.6. The molecule has 1 atom stereocenters. The van der Waals surface area contributed by atoms with Gasteiger partial charge in [0, 0.05) is 25.1 Å². The molecule has 160 valence electrons. The Balaban J connectivity index is 1.47. The van der Waals surface area contributed by atoms with Gasteiger partial charge in [-0.05, 0) is 25.0 Å². The Labute approximate surface area is 176 Å². The second-order valence-corrected chi connectivity index (χ2v) is 7.89. The number of hydrogen-bond acceptors (Lipinski definition) is 5. The quantitative estimate of drug-likeness (QED) is 0.786. The number of methoxy groups -OCH3 is 2. The summed E-state index contributed by atoms with van der Waals surface area (Å²) in [5.74, 6) is 1.19. The van der Waals surface area contributed by atoms with Crippen LogP contribution >= 0.6 is 0 Å². The lowest BCUT2D eigenvalue weighted by Gasteiger charge is -2.24. The van der Waals surface area contributed by atoms with E-state index in [1.165, 1.54) is 19.3 Å². The maximum atomic E-state index is 13.0. The van der Waals surface area contributed by atoms with Gasteiger partial charge in [-0.15, -0.1) is 0 Å². The number of ether oxygens (including phenoxy) is 2. The summed E-state index contributed by atoms with van der Waals surface area (Å²) in [6.45, 7) is 0.297. The number of amides is 2. The van der Waals surface area contributed by atoms with Crippen LogP contribution in [0.25, 0.3) is 0 Å². The molecular formula is C22H28N4O4. The number of rotatable bonds is 6. The highest BCUT2D eigenvalue weighted by Gasteiger charge is 2.37. The van der Waals surface area contributed by atoms with E-state index in [-0.39, 0.29) is 18.2 Å². The summed E-state index contributed by atoms with van der Waals surface area (Å²) >= 11 is 0. The fourth-order valence-corrected chi connectivity index (χ4v) is 4.38. The summed E-state index contributed by atoms with van der Waals surface area (Å²) in [4.78, 5) is 27.3. The Morgan fingerprint density at radius 2 is 1.93 bits per heavy atom. The van der Waals surface area contributed by atoms with E-state index in [1.54, 1.807) is 43.5 Å². The van der Waals surface area contributed by atoms with Crippen LogP contribution in [0.15, 0.2) is 30.5 Å². The zero-order chi connectivity index (χ0) is 21.1. The molecule has 1 aromatic heterocycles. The minimum absolute atomic E-state index is 0.109. The Morgan fingerprint density at radius 1 is 1.13 bits per heavy atom. The first-order valence-electron chi connectivity index (χ1n) is 10.5. The van der Waals surface area contributed by atoms with Gasteiger partial charge in [-0.1, -0.05) is 19.3 Å². The van der Waals surface area contributed by atoms with Crippen molar-refractivity contribution in [3.05, 3.63) is 30.5 Å². The average Bonchev–Trinajstić information content (AvgIpc) is 3.40. The highest BCUT2D eigenvalue weighted by molar-refractivity contribution is 6.04. The normalized spacial score (nSPS) is 19.7. The summed E-state index contributed by atoms with van der Waals surface area (Å²) in [5, 5.41) is 7.43. The van der Waals surface area contributed by atoms with Gasteiger partial charge in [0.15, 0.2) is 0 Å². The van der Waals surface area contributed by atoms with Crippen molar-refractivity contribution >= 4 is 23.3 Å². The fourth-order valence-electron chi connectivity index (χ4n) is 4.38. The zero-order valence-corrected chi connectivity index (χ0v) is 17.5. The molecule has 2 aliphatic rings. The first kappa shape index (κ1) is 20.3. The van der Waals surface area contributed by atoms with Crippen LogP contribution in [0, 0.1) is 5.92 Å². The van der Waals surface area contributed by atoms with Crippen LogP contribution in [0.1, 0.15) is 44.6 Å². The molecule has 2 fully saturated rings. The van der Waals surface area contributed by atoms with Gasteiger partial charge in [0.2, 0.25) is 11.8 Å². The van der Waals surface area contributed by atoms with Crippen LogP contribution < -0.4 is 19.7 Å². The molecule has 8 nitrogen and oxygen atoms in total. The van der Waals surface area contributed by atoms with Gasteiger partial charge < -0.3 is 19.7 Å². The standard InChI is InChI=1S/C22H28N4O4/c1-29-17-8-9-19(30-2)18(13-17)25-14-15(12-21(25)27)22(28)24-20-10-11-23-26(20)16-6-4-3-5-7-16/h8-11,13,15-16H,3-7,12,14H2,1-2H3,(H,24,28)/t15-/m0/s1. The minimum atomic E-state index is -0.442. The molecule has 2 aromatic rings. The molecule has 0 unspecified atom stereocenters. The predicted octanol–water partition coefficient (Wildman–Crippen LogP) is 3.40. The van der Waals surface area contributed by atoms with E-state index < -0.39 is 5.92 Å². The van der Waals surface area contributed by atoms with Gasteiger partial charge in [-0.3, -0.25) is 9.59 Å². The van der Waals surface area contributed by atoms with Crippen molar-refractivity contribution < 1.29 is 19.1 Å². The largest absolute Gasteiger partial charge is 0.497 e. The summed E-state index contributed by atoms with van der Waals surface area (Å²) in [6, 6.07) is 7.45. The van der Waals surface area contributed by atoms with Crippen LogP contribution in [-0.2, 0) is 9.59 Å². The second kappa shape index (κ2) is 8.77. The summed E-state index contributed by atoms with van der Waals surface area (Å²) in [6.07, 6.45) is 7.67. The molecule has 1 aliphatic carbocycles. The van der Waals surface area contributed by atoms with Crippen molar-refractivity contribution in [1.29, 1.82) is 0 Å². The molecule has 0 bridgehead atoms. The van der Waals surface area contributed by atoms with E-state index in [2.05, 4.69) is 10.4 Å². The molecule has 0 radical (unpaired) electrons. The number of carbonyl (C=O) groups excluding carboxylic acids is 2. The number of hydrogen-bond donors (Lipinski definition) is 1. The van der Waals surface area contributed by atoms with Gasteiger partial charge in [0.05, 0.1) is 38.1 Å². The SMILES string of the molecule is COc1ccc(OC)c(N2C[C@@H](C(=O)Nc3ccnn3C3CCCCC3)CC2=O)c1. The Bertz CT molecular complexity index is 920. The topological polar surface area (TPSA) is 85.7 Å². The van der Waals surface area contributed by atoms with Crippen molar-refractivity contribution in [2.75, 3.05) is 31.0 Å². The van der Waals surface area contributed by atoms with Crippen LogP contribution in [-0.4, -0.2) is 42.4 Å². The van der Waals surface area contributed by atoms with Gasteiger partial charge >= 0.3 is 0 Å². The van der Waals surface area contributed by atoms with Gasteiger partial charge in [0.1, 0.15) is 17.3 Å². The number of carbonyl (C=O) groups is 2. The molecule has 2 amide bonds. The molecule has 1 aliphatic heterocycles. The molecule has 4 rings (SSSR count). The van der Waals surface area contributed by atoms with E-state index in [4.69, 9.17) is 9.47 Å². The lowest BCUT2D eigenvalue weighted by Crippen LogP contribution is -2.29. The third kappa shape index (κ3) is 3.99. The molecule has 1 aromatic carbocycles. The Kier molecular flexibility index (Phi) is 5.92. The maximum Gasteiger partial charge on any atom is 0.230 e. The smallest absolute Gasteiger partial charge is 0.230 e. The fraction of sp³-hybridized carbons (Fsp3) is 0.500. The number of aromatic nitrogens is 2. The van der Waals surface area contributed by atoms with Gasteiger partial charge in [0.25, 0.3) is 0 Å². The number of benzene rings is 1. The Hall–Kier alpha value is -3.03. The van der Waals surface area contributed by atoms with Gasteiger partial charge in [-0.25, -0.2) is 4.68 Å². The maximum absolute atomic E-state index is 13.0. The monoisotopic (exact) mass is 412 g/mol. The summed E-state index contributed by atoms with van der Waals surface area (Å²) in [5.41, 5.74) is 0.615. The number of anilines is 2. The van der Waals surface area contributed by atoms with E-state index in [0.717, 1.165) is 12.8 Å². The molecule has 1 saturated heterocycles. The highest BCUT2D eigenvalue weighted by atomic mass is 16.5. The van der Waals surface area contributed by atoms with Crippen molar-refractivity contribution in [1.82, 2.24) is 9.78 Å². The van der Waals surface area contributed by atoms with Crippen molar-refractivity contribution in [2.24, 2.45) is 5.92 Å². The average molecular weight is 412 g/mol. The Morgan fingerprint density at radius 3 is 2.67 bits per heavy atom.